The van der Waals surface area contributed by atoms with Crippen molar-refractivity contribution in [2.24, 2.45) is 5.10 Å². The summed E-state index contributed by atoms with van der Waals surface area (Å²) in [5.74, 6) is 1.60. The van der Waals surface area contributed by atoms with Crippen LogP contribution in [0.3, 0.4) is 0 Å². The maximum Gasteiger partial charge on any atom is 0.158 e. The van der Waals surface area contributed by atoms with Crippen LogP contribution >= 0.6 is 33.9 Å². The molecule has 0 saturated carbocycles. The molecule has 3 aromatic heterocycles. The maximum atomic E-state index is 4.69. The number of anilines is 1. The lowest BCUT2D eigenvalue weighted by molar-refractivity contribution is 0.700. The van der Waals surface area contributed by atoms with Crippen molar-refractivity contribution in [3.05, 3.63) is 67.1 Å². The molecule has 0 spiro atoms. The van der Waals surface area contributed by atoms with Crippen LogP contribution in [-0.4, -0.2) is 20.7 Å². The molecule has 1 N–H and O–H groups in total. The zero-order chi connectivity index (χ0) is 21.5. The predicted molar refractivity (Wildman–Crippen MR) is 138 cm³/mol. The van der Waals surface area contributed by atoms with E-state index < -0.39 is 0 Å². The van der Waals surface area contributed by atoms with Crippen LogP contribution < -0.4 is 5.43 Å². The Labute approximate surface area is 199 Å². The third-order valence-corrected chi connectivity index (χ3v) is 7.76. The summed E-state index contributed by atoms with van der Waals surface area (Å²) in [6.45, 7) is 6.21. The van der Waals surface area contributed by atoms with E-state index in [-0.39, 0.29) is 0 Å². The first-order chi connectivity index (χ1) is 15.0. The number of thiophene rings is 1. The molecule has 1 aliphatic rings. The summed E-state index contributed by atoms with van der Waals surface area (Å²) in [5, 5.41) is 5.74. The predicted octanol–water partition coefficient (Wildman–Crippen LogP) is 6.34. The minimum absolute atomic E-state index is 0.778. The molecule has 0 radical (unpaired) electrons. The molecule has 0 aliphatic heterocycles. The van der Waals surface area contributed by atoms with E-state index in [1.165, 1.54) is 43.9 Å². The van der Waals surface area contributed by atoms with Crippen molar-refractivity contribution in [3.63, 3.8) is 0 Å². The highest BCUT2D eigenvalue weighted by atomic mass is 127. The van der Waals surface area contributed by atoms with Gasteiger partial charge in [-0.1, -0.05) is 0 Å². The Hall–Kier alpha value is -2.26. The average molecular weight is 541 g/mol. The molecule has 0 atom stereocenters. The Morgan fingerprint density at radius 1 is 1.10 bits per heavy atom. The quantitative estimate of drug-likeness (QED) is 0.187. The van der Waals surface area contributed by atoms with E-state index in [9.17, 15) is 0 Å². The van der Waals surface area contributed by atoms with E-state index in [0.29, 0.717) is 0 Å². The van der Waals surface area contributed by atoms with E-state index in [4.69, 9.17) is 0 Å². The van der Waals surface area contributed by atoms with Crippen LogP contribution in [-0.2, 0) is 12.8 Å². The second kappa shape index (κ2) is 8.35. The normalized spacial score (nSPS) is 13.8. The van der Waals surface area contributed by atoms with E-state index in [1.807, 2.05) is 24.5 Å². The van der Waals surface area contributed by atoms with Gasteiger partial charge in [-0.25, -0.2) is 9.97 Å². The molecule has 7 heteroatoms. The lowest BCUT2D eigenvalue weighted by Crippen LogP contribution is -2.02. The molecule has 1 aromatic carbocycles. The number of hydrazone groups is 1. The van der Waals surface area contributed by atoms with Crippen LogP contribution in [0, 0.1) is 24.3 Å². The van der Waals surface area contributed by atoms with Gasteiger partial charge in [-0.2, -0.15) is 5.10 Å². The molecule has 0 saturated heterocycles. The van der Waals surface area contributed by atoms with E-state index >= 15 is 0 Å². The molecule has 5 rings (SSSR count). The van der Waals surface area contributed by atoms with Gasteiger partial charge in [0.25, 0.3) is 0 Å². The van der Waals surface area contributed by atoms with Gasteiger partial charge in [0.05, 0.1) is 11.6 Å². The van der Waals surface area contributed by atoms with Gasteiger partial charge < -0.3 is 4.57 Å². The number of hydrogen-bond acceptors (Lipinski definition) is 5. The number of benzene rings is 1. The van der Waals surface area contributed by atoms with Crippen LogP contribution in [0.2, 0.25) is 0 Å². The van der Waals surface area contributed by atoms with Crippen molar-refractivity contribution in [2.75, 3.05) is 5.43 Å². The first-order valence-corrected chi connectivity index (χ1v) is 12.4. The molecule has 158 valence electrons. The van der Waals surface area contributed by atoms with Gasteiger partial charge in [0.15, 0.2) is 5.82 Å². The van der Waals surface area contributed by atoms with Crippen LogP contribution in [0.1, 0.15) is 46.1 Å². The van der Waals surface area contributed by atoms with Gasteiger partial charge in [0.1, 0.15) is 10.7 Å². The Kier molecular flexibility index (Phi) is 5.56. The lowest BCUT2D eigenvalue weighted by atomic mass is 9.97. The molecule has 31 heavy (non-hydrogen) atoms. The number of nitrogens with zero attached hydrogens (tertiary/aromatic N) is 4. The third kappa shape index (κ3) is 3.89. The Bertz CT molecular complexity index is 1300. The number of fused-ring (bicyclic) bond motifs is 3. The lowest BCUT2D eigenvalue weighted by Gasteiger charge is -2.11. The number of rotatable bonds is 4. The van der Waals surface area contributed by atoms with Crippen molar-refractivity contribution in [1.82, 2.24) is 14.5 Å². The summed E-state index contributed by atoms with van der Waals surface area (Å²) in [7, 11) is 0. The van der Waals surface area contributed by atoms with Crippen molar-refractivity contribution in [1.29, 1.82) is 0 Å². The summed E-state index contributed by atoms with van der Waals surface area (Å²) < 4.78 is 3.50. The van der Waals surface area contributed by atoms with Crippen molar-refractivity contribution in [2.45, 2.75) is 46.5 Å². The molecular weight excluding hydrogens is 517 g/mol. The van der Waals surface area contributed by atoms with Crippen LogP contribution in [0.15, 0.2) is 35.4 Å². The minimum atomic E-state index is 0.778. The summed E-state index contributed by atoms with van der Waals surface area (Å²) in [6.07, 6.45) is 6.66. The largest absolute Gasteiger partial charge is 0.318 e. The molecule has 4 aromatic rings. The SMILES string of the molecule is Cc1nc(NN=Cc2cc(C)n(-c3ccc(I)cc3)c2C)c2c3c(sc2n1)CCCC3. The smallest absolute Gasteiger partial charge is 0.158 e. The molecular formula is C24H24IN5S. The first-order valence-electron chi connectivity index (χ1n) is 10.5. The van der Waals surface area contributed by atoms with E-state index in [1.54, 1.807) is 0 Å². The summed E-state index contributed by atoms with van der Waals surface area (Å²) in [6, 6.07) is 10.7. The van der Waals surface area contributed by atoms with Crippen molar-refractivity contribution < 1.29 is 0 Å². The summed E-state index contributed by atoms with van der Waals surface area (Å²) >= 11 is 4.15. The Morgan fingerprint density at radius 2 is 1.87 bits per heavy atom. The zero-order valence-electron chi connectivity index (χ0n) is 17.9. The second-order valence-corrected chi connectivity index (χ2v) is 10.3. The summed E-state index contributed by atoms with van der Waals surface area (Å²) in [5.41, 5.74) is 9.27. The van der Waals surface area contributed by atoms with Gasteiger partial charge in [-0.05, 0) is 105 Å². The van der Waals surface area contributed by atoms with Gasteiger partial charge in [-0.3, -0.25) is 5.43 Å². The van der Waals surface area contributed by atoms with Crippen LogP contribution in [0.25, 0.3) is 15.9 Å². The fourth-order valence-electron chi connectivity index (χ4n) is 4.41. The highest BCUT2D eigenvalue weighted by molar-refractivity contribution is 14.1. The fraction of sp³-hybridized carbons (Fsp3) is 0.292. The third-order valence-electron chi connectivity index (χ3n) is 5.86. The molecule has 0 unspecified atom stereocenters. The van der Waals surface area contributed by atoms with Gasteiger partial charge in [0, 0.05) is 31.1 Å². The Balaban J connectivity index is 1.46. The first kappa shape index (κ1) is 20.6. The number of hydrogen-bond donors (Lipinski definition) is 1. The highest BCUT2D eigenvalue weighted by Crippen LogP contribution is 2.38. The van der Waals surface area contributed by atoms with Gasteiger partial charge >= 0.3 is 0 Å². The number of halogens is 1. The summed E-state index contributed by atoms with van der Waals surface area (Å²) in [4.78, 5) is 11.9. The number of aryl methyl sites for hydroxylation is 4. The molecule has 0 fully saturated rings. The van der Waals surface area contributed by atoms with Crippen LogP contribution in [0.4, 0.5) is 5.82 Å². The minimum Gasteiger partial charge on any atom is -0.318 e. The molecule has 3 heterocycles. The highest BCUT2D eigenvalue weighted by Gasteiger charge is 2.20. The topological polar surface area (TPSA) is 55.1 Å². The molecule has 1 aliphatic carbocycles. The van der Waals surface area contributed by atoms with Gasteiger partial charge in [-0.15, -0.1) is 11.3 Å². The van der Waals surface area contributed by atoms with E-state index in [2.05, 4.69) is 91.8 Å². The number of nitrogens with one attached hydrogen (secondary N) is 1. The average Bonchev–Trinajstić information content (AvgIpc) is 3.25. The van der Waals surface area contributed by atoms with Crippen molar-refractivity contribution in [3.8, 4) is 5.69 Å². The van der Waals surface area contributed by atoms with Crippen LogP contribution in [0.5, 0.6) is 0 Å². The van der Waals surface area contributed by atoms with Gasteiger partial charge in [0.2, 0.25) is 0 Å². The number of aromatic nitrogens is 3. The molecule has 0 amide bonds. The maximum absolute atomic E-state index is 4.69. The Morgan fingerprint density at radius 3 is 2.68 bits per heavy atom. The standard InChI is InChI=1S/C24H24IN5S/c1-14-12-17(15(2)30(14)19-10-8-18(25)9-11-19)13-26-29-23-22-20-6-4-5-7-21(20)31-24(22)28-16(3)27-23/h8-13H,4-7H2,1-3H3,(H,27,28,29). The fourth-order valence-corrected chi connectivity index (χ4v) is 6.08. The zero-order valence-corrected chi connectivity index (χ0v) is 20.8. The van der Waals surface area contributed by atoms with E-state index in [0.717, 1.165) is 40.3 Å². The monoisotopic (exact) mass is 541 g/mol. The van der Waals surface area contributed by atoms with Crippen molar-refractivity contribution >= 4 is 56.2 Å². The molecule has 5 nitrogen and oxygen atoms in total. The second-order valence-electron chi connectivity index (χ2n) is 8.02. The molecule has 0 bridgehead atoms.